The van der Waals surface area contributed by atoms with Crippen LogP contribution in [-0.4, -0.2) is 9.78 Å². The number of hydrogen-bond donors (Lipinski definition) is 0. The Morgan fingerprint density at radius 3 is 2.82 bits per heavy atom. The zero-order valence-corrected chi connectivity index (χ0v) is 12.5. The minimum atomic E-state index is 0.476. The average molecular weight is 360 g/mol. The molecule has 0 aliphatic carbocycles. The second-order valence-corrected chi connectivity index (χ2v) is 5.05. The van der Waals surface area contributed by atoms with Crippen molar-refractivity contribution in [2.24, 2.45) is 7.05 Å². The molecule has 90 valence electrons. The van der Waals surface area contributed by atoms with Crippen molar-refractivity contribution < 1.29 is 4.74 Å². The van der Waals surface area contributed by atoms with Crippen molar-refractivity contribution in [3.63, 3.8) is 0 Å². The topological polar surface area (TPSA) is 27.1 Å². The third-order valence-corrected chi connectivity index (χ3v) is 3.55. The van der Waals surface area contributed by atoms with Gasteiger partial charge in [0.2, 0.25) is 0 Å². The third-order valence-electron chi connectivity index (χ3n) is 2.33. The normalized spacial score (nSPS) is 10.5. The van der Waals surface area contributed by atoms with Gasteiger partial charge in [-0.15, -0.1) is 0 Å². The molecule has 2 rings (SSSR count). The Kier molecular flexibility index (Phi) is 4.23. The van der Waals surface area contributed by atoms with Crippen LogP contribution < -0.4 is 4.74 Å². The Morgan fingerprint density at radius 1 is 1.35 bits per heavy atom. The molecule has 0 amide bonds. The summed E-state index contributed by atoms with van der Waals surface area (Å²) >= 11 is 6.95. The first-order valence-corrected chi connectivity index (χ1v) is 7.07. The van der Waals surface area contributed by atoms with E-state index in [9.17, 15) is 0 Å². The smallest absolute Gasteiger partial charge is 0.138 e. The summed E-state index contributed by atoms with van der Waals surface area (Å²) < 4.78 is 8.54. The SMILES string of the molecule is Cn1ccc(COc2c(Br)cccc2CBr)n1. The third kappa shape index (κ3) is 3.10. The number of halogens is 2. The first-order chi connectivity index (χ1) is 8.20. The van der Waals surface area contributed by atoms with Crippen LogP contribution in [0.5, 0.6) is 5.75 Å². The monoisotopic (exact) mass is 358 g/mol. The highest BCUT2D eigenvalue weighted by atomic mass is 79.9. The minimum Gasteiger partial charge on any atom is -0.486 e. The number of hydrogen-bond acceptors (Lipinski definition) is 2. The first kappa shape index (κ1) is 12.6. The second kappa shape index (κ2) is 5.69. The molecule has 0 fully saturated rings. The molecule has 0 N–H and O–H groups in total. The van der Waals surface area contributed by atoms with Crippen molar-refractivity contribution in [2.45, 2.75) is 11.9 Å². The molecule has 0 saturated heterocycles. The van der Waals surface area contributed by atoms with Crippen molar-refractivity contribution >= 4 is 31.9 Å². The fraction of sp³-hybridized carbons (Fsp3) is 0.250. The van der Waals surface area contributed by atoms with Gasteiger partial charge in [0.1, 0.15) is 12.4 Å². The van der Waals surface area contributed by atoms with Crippen molar-refractivity contribution in [1.82, 2.24) is 9.78 Å². The number of ether oxygens (including phenoxy) is 1. The van der Waals surface area contributed by atoms with Gasteiger partial charge in [-0.2, -0.15) is 5.10 Å². The highest BCUT2D eigenvalue weighted by Gasteiger charge is 2.08. The molecule has 3 nitrogen and oxygen atoms in total. The quantitative estimate of drug-likeness (QED) is 0.779. The van der Waals surface area contributed by atoms with Gasteiger partial charge in [0.05, 0.1) is 10.2 Å². The van der Waals surface area contributed by atoms with E-state index in [4.69, 9.17) is 4.74 Å². The Bertz CT molecular complexity index is 511. The van der Waals surface area contributed by atoms with E-state index in [0.717, 1.165) is 26.8 Å². The molecule has 1 aromatic carbocycles. The van der Waals surface area contributed by atoms with Gasteiger partial charge >= 0.3 is 0 Å². The molecule has 0 radical (unpaired) electrons. The van der Waals surface area contributed by atoms with E-state index >= 15 is 0 Å². The lowest BCUT2D eigenvalue weighted by Gasteiger charge is -2.10. The summed E-state index contributed by atoms with van der Waals surface area (Å²) in [6, 6.07) is 7.95. The van der Waals surface area contributed by atoms with Crippen LogP contribution >= 0.6 is 31.9 Å². The minimum absolute atomic E-state index is 0.476. The van der Waals surface area contributed by atoms with Gasteiger partial charge in [-0.05, 0) is 28.1 Å². The number of rotatable bonds is 4. The van der Waals surface area contributed by atoms with E-state index < -0.39 is 0 Å². The van der Waals surface area contributed by atoms with Crippen LogP contribution in [0.1, 0.15) is 11.3 Å². The van der Waals surface area contributed by atoms with Crippen LogP contribution in [0.3, 0.4) is 0 Å². The zero-order chi connectivity index (χ0) is 12.3. The number of para-hydroxylation sites is 1. The van der Waals surface area contributed by atoms with Gasteiger partial charge in [-0.25, -0.2) is 0 Å². The van der Waals surface area contributed by atoms with Gasteiger partial charge in [0.25, 0.3) is 0 Å². The molecular weight excluding hydrogens is 348 g/mol. The summed E-state index contributed by atoms with van der Waals surface area (Å²) in [5.41, 5.74) is 2.04. The molecule has 5 heteroatoms. The average Bonchev–Trinajstić information content (AvgIpc) is 2.73. The summed E-state index contributed by atoms with van der Waals surface area (Å²) in [7, 11) is 1.89. The second-order valence-electron chi connectivity index (χ2n) is 3.63. The molecule has 0 aliphatic rings. The van der Waals surface area contributed by atoms with Crippen molar-refractivity contribution in [2.75, 3.05) is 0 Å². The number of benzene rings is 1. The zero-order valence-electron chi connectivity index (χ0n) is 9.36. The molecule has 2 aromatic rings. The van der Waals surface area contributed by atoms with E-state index in [2.05, 4.69) is 37.0 Å². The molecular formula is C12H12Br2N2O. The molecule has 1 heterocycles. The van der Waals surface area contributed by atoms with Gasteiger partial charge in [-0.1, -0.05) is 28.1 Å². The summed E-state index contributed by atoms with van der Waals surface area (Å²) in [4.78, 5) is 0. The first-order valence-electron chi connectivity index (χ1n) is 5.15. The Morgan fingerprint density at radius 2 is 2.18 bits per heavy atom. The number of nitrogens with zero attached hydrogens (tertiary/aromatic N) is 2. The largest absolute Gasteiger partial charge is 0.486 e. The highest BCUT2D eigenvalue weighted by Crippen LogP contribution is 2.31. The van der Waals surface area contributed by atoms with Crippen molar-refractivity contribution in [1.29, 1.82) is 0 Å². The lowest BCUT2D eigenvalue weighted by Crippen LogP contribution is -2.00. The molecule has 0 spiro atoms. The van der Waals surface area contributed by atoms with E-state index in [0.29, 0.717) is 6.61 Å². The predicted octanol–water partition coefficient (Wildman–Crippen LogP) is 3.66. The van der Waals surface area contributed by atoms with Crippen molar-refractivity contribution in [3.05, 3.63) is 46.2 Å². The lowest BCUT2D eigenvalue weighted by atomic mass is 10.2. The van der Waals surface area contributed by atoms with E-state index in [1.165, 1.54) is 0 Å². The van der Waals surface area contributed by atoms with Crippen LogP contribution in [0.2, 0.25) is 0 Å². The number of alkyl halides is 1. The van der Waals surface area contributed by atoms with Gasteiger partial charge in [0, 0.05) is 24.1 Å². The maximum absolute atomic E-state index is 5.81. The molecule has 0 bridgehead atoms. The van der Waals surface area contributed by atoms with E-state index in [-0.39, 0.29) is 0 Å². The number of aryl methyl sites for hydroxylation is 1. The molecule has 0 unspecified atom stereocenters. The predicted molar refractivity (Wildman–Crippen MR) is 74.3 cm³/mol. The van der Waals surface area contributed by atoms with Crippen LogP contribution in [0.25, 0.3) is 0 Å². The molecule has 0 atom stereocenters. The van der Waals surface area contributed by atoms with Gasteiger partial charge < -0.3 is 4.74 Å². The highest BCUT2D eigenvalue weighted by molar-refractivity contribution is 9.10. The van der Waals surface area contributed by atoms with Crippen LogP contribution in [0.4, 0.5) is 0 Å². The Labute approximate surface area is 117 Å². The summed E-state index contributed by atoms with van der Waals surface area (Å²) in [5.74, 6) is 0.870. The fourth-order valence-electron chi connectivity index (χ4n) is 1.51. The maximum Gasteiger partial charge on any atom is 0.138 e. The standard InChI is InChI=1S/C12H12Br2N2O/c1-16-6-5-10(15-16)8-17-12-9(7-13)3-2-4-11(12)14/h2-6H,7-8H2,1H3. The molecule has 0 saturated carbocycles. The summed E-state index contributed by atoms with van der Waals surface area (Å²) in [5, 5.41) is 5.04. The van der Waals surface area contributed by atoms with Crippen LogP contribution in [-0.2, 0) is 19.0 Å². The lowest BCUT2D eigenvalue weighted by molar-refractivity contribution is 0.296. The van der Waals surface area contributed by atoms with E-state index in [1.807, 2.05) is 37.5 Å². The van der Waals surface area contributed by atoms with Gasteiger partial charge in [-0.3, -0.25) is 4.68 Å². The molecule has 0 aliphatic heterocycles. The Balaban J connectivity index is 2.13. The van der Waals surface area contributed by atoms with Crippen molar-refractivity contribution in [3.8, 4) is 5.75 Å². The Hall–Kier alpha value is -0.810. The van der Waals surface area contributed by atoms with Gasteiger partial charge in [0.15, 0.2) is 0 Å². The fourth-order valence-corrected chi connectivity index (χ4v) is 2.47. The summed E-state index contributed by atoms with van der Waals surface area (Å²) in [6.07, 6.45) is 1.91. The van der Waals surface area contributed by atoms with Crippen LogP contribution in [0, 0.1) is 0 Å². The van der Waals surface area contributed by atoms with Crippen LogP contribution in [0.15, 0.2) is 34.9 Å². The summed E-state index contributed by atoms with van der Waals surface area (Å²) in [6.45, 7) is 0.476. The molecule has 1 aromatic heterocycles. The number of aromatic nitrogens is 2. The van der Waals surface area contributed by atoms with E-state index in [1.54, 1.807) is 4.68 Å². The maximum atomic E-state index is 5.81. The molecule has 17 heavy (non-hydrogen) atoms.